The van der Waals surface area contributed by atoms with Crippen molar-refractivity contribution in [2.24, 2.45) is 5.92 Å². The summed E-state index contributed by atoms with van der Waals surface area (Å²) in [7, 11) is 0. The minimum absolute atomic E-state index is 0.694. The van der Waals surface area contributed by atoms with E-state index in [0.29, 0.717) is 5.02 Å². The molecule has 164 valence electrons. The summed E-state index contributed by atoms with van der Waals surface area (Å²) in [6.45, 7) is 2.33. The minimum Gasteiger partial charge on any atom is -0.270 e. The number of hydrogen-bond acceptors (Lipinski definition) is 6. The van der Waals surface area contributed by atoms with Gasteiger partial charge in [-0.2, -0.15) is 0 Å². The average Bonchev–Trinajstić information content (AvgIpc) is 3.41. The van der Waals surface area contributed by atoms with E-state index in [1.165, 1.54) is 22.2 Å². The van der Waals surface area contributed by atoms with Gasteiger partial charge in [0, 0.05) is 26.5 Å². The molecule has 0 amide bonds. The summed E-state index contributed by atoms with van der Waals surface area (Å²) >= 11 is 9.49. The Morgan fingerprint density at radius 3 is 2.67 bits per heavy atom. The second-order valence-corrected chi connectivity index (χ2v) is 10.8. The molecule has 0 saturated carbocycles. The maximum Gasteiger partial charge on any atom is 0.202 e. The van der Waals surface area contributed by atoms with Crippen LogP contribution in [0.25, 0.3) is 27.3 Å². The minimum atomic E-state index is 0.694. The van der Waals surface area contributed by atoms with Crippen LogP contribution < -0.4 is 0 Å². The summed E-state index contributed by atoms with van der Waals surface area (Å²) in [5, 5.41) is 12.7. The number of aromatic nitrogens is 5. The zero-order valence-electron chi connectivity index (χ0n) is 17.9. The number of nitrogens with zero attached hydrogens (tertiary/aromatic N) is 5. The van der Waals surface area contributed by atoms with Crippen molar-refractivity contribution in [1.29, 1.82) is 0 Å². The van der Waals surface area contributed by atoms with E-state index in [0.717, 1.165) is 50.8 Å². The van der Waals surface area contributed by atoms with Gasteiger partial charge in [-0.25, -0.2) is 9.97 Å². The summed E-state index contributed by atoms with van der Waals surface area (Å²) in [5.74, 6) is 1.49. The van der Waals surface area contributed by atoms with Gasteiger partial charge in [-0.05, 0) is 78.9 Å². The standard InChI is InChI=1S/C25H20ClN5S2/c1-15-7-12-19-20(13-15)32-23-21(19)24(28-14-27-23)33-25-30-29-22(16-8-10-17(26)11-9-16)31(25)18-5-3-2-4-6-18/h2-6,8-11,14-15H,7,12-13H2,1H3. The number of benzene rings is 2. The fourth-order valence-corrected chi connectivity index (χ4v) is 6.84. The van der Waals surface area contributed by atoms with Crippen LogP contribution in [-0.4, -0.2) is 24.7 Å². The van der Waals surface area contributed by atoms with Gasteiger partial charge in [-0.15, -0.1) is 21.5 Å². The first kappa shape index (κ1) is 20.8. The van der Waals surface area contributed by atoms with Crippen molar-refractivity contribution < 1.29 is 0 Å². The molecule has 2 aromatic carbocycles. The topological polar surface area (TPSA) is 56.5 Å². The average molecular weight is 490 g/mol. The summed E-state index contributed by atoms with van der Waals surface area (Å²) < 4.78 is 2.09. The largest absolute Gasteiger partial charge is 0.270 e. The predicted molar refractivity (Wildman–Crippen MR) is 135 cm³/mol. The molecule has 8 heteroatoms. The van der Waals surface area contributed by atoms with Gasteiger partial charge in [0.2, 0.25) is 5.16 Å². The Morgan fingerprint density at radius 1 is 1.03 bits per heavy atom. The van der Waals surface area contributed by atoms with Crippen molar-refractivity contribution in [2.75, 3.05) is 0 Å². The van der Waals surface area contributed by atoms with Crippen LogP contribution in [0.3, 0.4) is 0 Å². The first-order valence-electron chi connectivity index (χ1n) is 10.9. The lowest BCUT2D eigenvalue weighted by Gasteiger charge is -2.18. The first-order chi connectivity index (χ1) is 16.2. The van der Waals surface area contributed by atoms with Crippen LogP contribution in [-0.2, 0) is 12.8 Å². The molecule has 3 heterocycles. The number of fused-ring (bicyclic) bond motifs is 3. The molecule has 1 atom stereocenters. The van der Waals surface area contributed by atoms with Gasteiger partial charge in [-0.3, -0.25) is 4.57 Å². The van der Waals surface area contributed by atoms with E-state index in [-0.39, 0.29) is 0 Å². The van der Waals surface area contributed by atoms with E-state index in [4.69, 9.17) is 11.6 Å². The lowest BCUT2D eigenvalue weighted by molar-refractivity contribution is 0.509. The first-order valence-corrected chi connectivity index (χ1v) is 12.9. The Morgan fingerprint density at radius 2 is 1.85 bits per heavy atom. The molecule has 1 aliphatic rings. The summed E-state index contributed by atoms with van der Waals surface area (Å²) in [4.78, 5) is 11.8. The fraction of sp³-hybridized carbons (Fsp3) is 0.200. The Bertz CT molecular complexity index is 1440. The highest BCUT2D eigenvalue weighted by Gasteiger charge is 2.25. The van der Waals surface area contributed by atoms with Crippen LogP contribution in [0.1, 0.15) is 23.8 Å². The van der Waals surface area contributed by atoms with Crippen LogP contribution in [0, 0.1) is 5.92 Å². The smallest absolute Gasteiger partial charge is 0.202 e. The van der Waals surface area contributed by atoms with Gasteiger partial charge in [0.1, 0.15) is 16.2 Å². The highest BCUT2D eigenvalue weighted by molar-refractivity contribution is 7.99. The van der Waals surface area contributed by atoms with Crippen LogP contribution in [0.5, 0.6) is 0 Å². The maximum atomic E-state index is 6.12. The van der Waals surface area contributed by atoms with Gasteiger partial charge >= 0.3 is 0 Å². The SMILES string of the molecule is CC1CCc2c(sc3ncnc(Sc4nnc(-c5ccc(Cl)cc5)n4-c4ccccc4)c23)C1. The molecule has 3 aromatic heterocycles. The number of para-hydroxylation sites is 1. The van der Waals surface area contributed by atoms with Crippen LogP contribution >= 0.6 is 34.7 Å². The van der Waals surface area contributed by atoms with Gasteiger partial charge in [0.25, 0.3) is 0 Å². The Balaban J connectivity index is 1.49. The zero-order valence-corrected chi connectivity index (χ0v) is 20.3. The molecule has 1 aliphatic carbocycles. The third-order valence-electron chi connectivity index (χ3n) is 6.00. The van der Waals surface area contributed by atoms with Crippen LogP contribution in [0.2, 0.25) is 5.02 Å². The Hall–Kier alpha value is -2.74. The predicted octanol–water partition coefficient (Wildman–Crippen LogP) is 6.87. The highest BCUT2D eigenvalue weighted by Crippen LogP contribution is 2.42. The molecule has 0 aliphatic heterocycles. The fourth-order valence-electron chi connectivity index (χ4n) is 4.34. The number of thiophene rings is 1. The highest BCUT2D eigenvalue weighted by atomic mass is 35.5. The molecule has 0 radical (unpaired) electrons. The summed E-state index contributed by atoms with van der Waals surface area (Å²) in [5.41, 5.74) is 3.37. The van der Waals surface area contributed by atoms with E-state index in [2.05, 4.69) is 43.8 Å². The zero-order chi connectivity index (χ0) is 22.4. The van der Waals surface area contributed by atoms with E-state index >= 15 is 0 Å². The Labute approximate surface area is 204 Å². The van der Waals surface area contributed by atoms with Crippen LogP contribution in [0.4, 0.5) is 0 Å². The number of aryl methyl sites for hydroxylation is 1. The molecule has 33 heavy (non-hydrogen) atoms. The molecule has 0 N–H and O–H groups in total. The lowest BCUT2D eigenvalue weighted by atomic mass is 9.89. The molecule has 0 bridgehead atoms. The van der Waals surface area contributed by atoms with E-state index in [9.17, 15) is 0 Å². The van der Waals surface area contributed by atoms with Crippen molar-refractivity contribution in [2.45, 2.75) is 36.4 Å². The van der Waals surface area contributed by atoms with Crippen molar-refractivity contribution in [1.82, 2.24) is 24.7 Å². The molecule has 1 unspecified atom stereocenters. The number of hydrogen-bond donors (Lipinski definition) is 0. The van der Waals surface area contributed by atoms with Crippen molar-refractivity contribution >= 4 is 44.9 Å². The van der Waals surface area contributed by atoms with Crippen molar-refractivity contribution in [3.05, 3.63) is 76.4 Å². The lowest BCUT2D eigenvalue weighted by Crippen LogP contribution is -2.08. The second-order valence-electron chi connectivity index (χ2n) is 8.30. The molecule has 5 nitrogen and oxygen atoms in total. The molecule has 0 spiro atoms. The normalized spacial score (nSPS) is 15.6. The molecular weight excluding hydrogens is 470 g/mol. The number of rotatable bonds is 4. The van der Waals surface area contributed by atoms with Gasteiger partial charge < -0.3 is 0 Å². The van der Waals surface area contributed by atoms with Gasteiger partial charge in [0.05, 0.1) is 0 Å². The molecule has 0 saturated heterocycles. The quantitative estimate of drug-likeness (QED) is 0.258. The third-order valence-corrected chi connectivity index (χ3v) is 8.36. The van der Waals surface area contributed by atoms with E-state index in [1.54, 1.807) is 18.1 Å². The van der Waals surface area contributed by atoms with Crippen molar-refractivity contribution in [3.63, 3.8) is 0 Å². The molecule has 5 aromatic rings. The Kier molecular flexibility index (Phi) is 5.40. The second kappa shape index (κ2) is 8.56. The van der Waals surface area contributed by atoms with Crippen molar-refractivity contribution in [3.8, 4) is 17.1 Å². The van der Waals surface area contributed by atoms with Gasteiger partial charge in [0.15, 0.2) is 5.82 Å². The monoisotopic (exact) mass is 489 g/mol. The van der Waals surface area contributed by atoms with E-state index < -0.39 is 0 Å². The number of halogens is 1. The summed E-state index contributed by atoms with van der Waals surface area (Å²) in [6.07, 6.45) is 5.08. The van der Waals surface area contributed by atoms with Crippen LogP contribution in [0.15, 0.2) is 71.1 Å². The molecule has 6 rings (SSSR count). The third kappa shape index (κ3) is 3.84. The maximum absolute atomic E-state index is 6.12. The molecule has 0 fully saturated rings. The summed E-state index contributed by atoms with van der Waals surface area (Å²) in [6, 6.07) is 17.9. The molecular formula is C25H20ClN5S2. The van der Waals surface area contributed by atoms with Gasteiger partial charge in [-0.1, -0.05) is 36.7 Å². The van der Waals surface area contributed by atoms with E-state index in [1.807, 2.05) is 53.8 Å².